The Morgan fingerprint density at radius 3 is 1.81 bits per heavy atom. The Kier molecular flexibility index (Phi) is 8.24. The Labute approximate surface area is 320 Å². The molecule has 0 atom stereocenters. The first-order chi connectivity index (χ1) is 26.8. The third-order valence-electron chi connectivity index (χ3n) is 10.8. The van der Waals surface area contributed by atoms with Crippen molar-refractivity contribution in [3.05, 3.63) is 210 Å². The fourth-order valence-electron chi connectivity index (χ4n) is 8.35. The fraction of sp³-hybridized carbons (Fsp3) is 0.0385. The number of thiophene rings is 1. The van der Waals surface area contributed by atoms with Gasteiger partial charge in [0.05, 0.1) is 11.4 Å². The first-order valence-electron chi connectivity index (χ1n) is 18.7. The van der Waals surface area contributed by atoms with E-state index < -0.39 is 0 Å². The van der Waals surface area contributed by atoms with Gasteiger partial charge in [-0.25, -0.2) is 0 Å². The highest BCUT2D eigenvalue weighted by Crippen LogP contribution is 2.46. The second-order valence-corrected chi connectivity index (χ2v) is 15.0. The van der Waals surface area contributed by atoms with Crippen LogP contribution in [-0.4, -0.2) is 0 Å². The lowest BCUT2D eigenvalue weighted by Gasteiger charge is -2.31. The molecule has 0 N–H and O–H groups in total. The van der Waals surface area contributed by atoms with Gasteiger partial charge in [-0.05, 0) is 87.0 Å². The van der Waals surface area contributed by atoms with Crippen LogP contribution in [0.1, 0.15) is 18.4 Å². The van der Waals surface area contributed by atoms with E-state index in [0.29, 0.717) is 0 Å². The summed E-state index contributed by atoms with van der Waals surface area (Å²) in [5.74, 6) is 0. The molecule has 256 valence electrons. The van der Waals surface area contributed by atoms with Crippen LogP contribution in [0, 0.1) is 0 Å². The van der Waals surface area contributed by atoms with Crippen LogP contribution in [0.15, 0.2) is 194 Å². The van der Waals surface area contributed by atoms with Gasteiger partial charge in [-0.2, -0.15) is 0 Å². The van der Waals surface area contributed by atoms with E-state index in [1.807, 2.05) is 11.3 Å². The van der Waals surface area contributed by atoms with Gasteiger partial charge in [-0.15, -0.1) is 11.3 Å². The molecule has 0 spiro atoms. The number of anilines is 3. The summed E-state index contributed by atoms with van der Waals surface area (Å²) in [5.41, 5.74) is 13.5. The highest BCUT2D eigenvalue weighted by Gasteiger charge is 2.23. The predicted octanol–water partition coefficient (Wildman–Crippen LogP) is 13.3. The van der Waals surface area contributed by atoms with E-state index in [1.165, 1.54) is 80.8 Å². The summed E-state index contributed by atoms with van der Waals surface area (Å²) in [5, 5.41) is 5.28. The van der Waals surface area contributed by atoms with Crippen LogP contribution in [0.3, 0.4) is 0 Å². The monoisotopic (exact) mass is 707 g/mol. The molecule has 8 aromatic carbocycles. The van der Waals surface area contributed by atoms with Crippen molar-refractivity contribution in [3.63, 3.8) is 0 Å². The van der Waals surface area contributed by atoms with Crippen molar-refractivity contribution in [1.29, 1.82) is 0 Å². The lowest BCUT2D eigenvalue weighted by atomic mass is 9.88. The number of hydrogen-bond acceptors (Lipinski definition) is 2. The summed E-state index contributed by atoms with van der Waals surface area (Å²) < 4.78 is 2.65. The van der Waals surface area contributed by atoms with Gasteiger partial charge >= 0.3 is 0 Å². The Hall–Kier alpha value is -6.48. The quantitative estimate of drug-likeness (QED) is 0.159. The molecular formula is C52H37NS. The van der Waals surface area contributed by atoms with Crippen molar-refractivity contribution in [2.24, 2.45) is 0 Å². The summed E-state index contributed by atoms with van der Waals surface area (Å²) in [6, 6.07) is 71.0. The minimum atomic E-state index is 0.968. The number of para-hydroxylation sites is 2. The van der Waals surface area contributed by atoms with E-state index in [-0.39, 0.29) is 0 Å². The Morgan fingerprint density at radius 1 is 0.426 bits per heavy atom. The molecule has 0 saturated heterocycles. The molecule has 0 fully saturated rings. The van der Waals surface area contributed by atoms with Crippen molar-refractivity contribution < 1.29 is 0 Å². The highest BCUT2D eigenvalue weighted by molar-refractivity contribution is 7.26. The molecule has 1 heterocycles. The van der Waals surface area contributed by atoms with Crippen LogP contribution in [0.25, 0.3) is 65.2 Å². The number of fused-ring (bicyclic) bond motifs is 4. The van der Waals surface area contributed by atoms with Crippen LogP contribution >= 0.6 is 11.3 Å². The van der Waals surface area contributed by atoms with Crippen LogP contribution in [-0.2, 0) is 0 Å². The normalized spacial score (nSPS) is 12.4. The third-order valence-corrected chi connectivity index (χ3v) is 12.0. The van der Waals surface area contributed by atoms with Crippen molar-refractivity contribution in [3.8, 4) is 33.4 Å². The van der Waals surface area contributed by atoms with Crippen LogP contribution in [0.2, 0.25) is 0 Å². The predicted molar refractivity (Wildman–Crippen MR) is 232 cm³/mol. The molecule has 1 aliphatic carbocycles. The third kappa shape index (κ3) is 5.64. The summed E-state index contributed by atoms with van der Waals surface area (Å²) in [6.07, 6.45) is 4.38. The molecule has 0 aliphatic heterocycles. The molecule has 0 saturated carbocycles. The molecule has 9 aromatic rings. The molecule has 0 amide bonds. The number of hydrogen-bond donors (Lipinski definition) is 0. The lowest BCUT2D eigenvalue weighted by Crippen LogP contribution is -2.32. The number of rotatable bonds is 7. The Morgan fingerprint density at radius 2 is 1.00 bits per heavy atom. The van der Waals surface area contributed by atoms with E-state index in [1.54, 1.807) is 0 Å². The summed E-state index contributed by atoms with van der Waals surface area (Å²) in [6.45, 7) is 0. The van der Waals surface area contributed by atoms with Crippen LogP contribution in [0.4, 0.5) is 17.1 Å². The van der Waals surface area contributed by atoms with Gasteiger partial charge in [0.15, 0.2) is 0 Å². The van der Waals surface area contributed by atoms with E-state index >= 15 is 0 Å². The summed E-state index contributed by atoms with van der Waals surface area (Å²) in [4.78, 5) is 2.50. The van der Waals surface area contributed by atoms with Gasteiger partial charge in [0, 0.05) is 37.0 Å². The van der Waals surface area contributed by atoms with E-state index in [2.05, 4.69) is 205 Å². The number of benzene rings is 8. The minimum absolute atomic E-state index is 0.968. The first-order valence-corrected chi connectivity index (χ1v) is 19.6. The van der Waals surface area contributed by atoms with Gasteiger partial charge in [0.2, 0.25) is 0 Å². The maximum atomic E-state index is 2.50. The van der Waals surface area contributed by atoms with Crippen LogP contribution in [0.5, 0.6) is 0 Å². The first kappa shape index (κ1) is 32.2. The van der Waals surface area contributed by atoms with Crippen molar-refractivity contribution in [2.75, 3.05) is 4.90 Å². The van der Waals surface area contributed by atoms with E-state index in [4.69, 9.17) is 0 Å². The van der Waals surface area contributed by atoms with Crippen LogP contribution < -0.4 is 15.3 Å². The van der Waals surface area contributed by atoms with E-state index in [9.17, 15) is 0 Å². The fourth-order valence-corrected chi connectivity index (χ4v) is 9.59. The zero-order chi connectivity index (χ0) is 35.8. The topological polar surface area (TPSA) is 3.24 Å². The summed E-state index contributed by atoms with van der Waals surface area (Å²) in [7, 11) is 0. The van der Waals surface area contributed by atoms with E-state index in [0.717, 1.165) is 24.2 Å². The second-order valence-electron chi connectivity index (χ2n) is 13.9. The molecule has 2 heteroatoms. The van der Waals surface area contributed by atoms with Crippen molar-refractivity contribution >= 4 is 60.2 Å². The number of nitrogens with zero attached hydrogens (tertiary/aromatic N) is 1. The van der Waals surface area contributed by atoms with Gasteiger partial charge in [0.25, 0.3) is 0 Å². The molecule has 0 unspecified atom stereocenters. The average molecular weight is 708 g/mol. The maximum absolute atomic E-state index is 2.50. The molecule has 0 radical (unpaired) electrons. The molecule has 10 rings (SSSR count). The van der Waals surface area contributed by atoms with Crippen molar-refractivity contribution in [2.45, 2.75) is 12.8 Å². The SMILES string of the molecule is C1=c2cccc(-c3ccccc3)c2=C(c2ccccc2N(c2cccc(-c3cccc4c3sc3ccccc34)c2)c2ccccc2-c2ccccc2)CC1. The zero-order valence-corrected chi connectivity index (χ0v) is 30.6. The zero-order valence-electron chi connectivity index (χ0n) is 29.8. The Balaban J connectivity index is 1.24. The standard InChI is InChI=1S/C52H37NS/c1-3-17-36(18-4-1)41-25-7-10-32-48(41)53(40-24-13-23-39(35-40)43-29-16-31-47-45-27-9-12-34-50(45)54-52(43)47)49-33-11-8-26-44(49)46-30-15-22-38-21-14-28-42(51(38)46)37-19-5-2-6-20-37/h1-14,16-29,31-35H,15,30H2. The van der Waals surface area contributed by atoms with Gasteiger partial charge in [-0.3, -0.25) is 0 Å². The average Bonchev–Trinajstić information content (AvgIpc) is 3.64. The molecule has 0 bridgehead atoms. The highest BCUT2D eigenvalue weighted by atomic mass is 32.1. The smallest absolute Gasteiger partial charge is 0.0540 e. The molecule has 1 nitrogen and oxygen atoms in total. The maximum Gasteiger partial charge on any atom is 0.0540 e. The molecule has 1 aromatic heterocycles. The lowest BCUT2D eigenvalue weighted by molar-refractivity contribution is 1.07. The molecule has 1 aliphatic rings. The minimum Gasteiger partial charge on any atom is -0.309 e. The van der Waals surface area contributed by atoms with Gasteiger partial charge in [0.1, 0.15) is 0 Å². The van der Waals surface area contributed by atoms with Gasteiger partial charge < -0.3 is 4.90 Å². The summed E-state index contributed by atoms with van der Waals surface area (Å²) >= 11 is 1.88. The van der Waals surface area contributed by atoms with Gasteiger partial charge in [-0.1, -0.05) is 170 Å². The largest absolute Gasteiger partial charge is 0.309 e. The molecular weight excluding hydrogens is 671 g/mol. The van der Waals surface area contributed by atoms with Crippen molar-refractivity contribution in [1.82, 2.24) is 0 Å². The second kappa shape index (κ2) is 13.8. The molecule has 54 heavy (non-hydrogen) atoms. The Bertz CT molecular complexity index is 2940.